The maximum atomic E-state index is 14.6. The highest BCUT2D eigenvalue weighted by molar-refractivity contribution is 6.62. The van der Waals surface area contributed by atoms with Crippen molar-refractivity contribution >= 4 is 18.7 Å². The quantitative estimate of drug-likeness (QED) is 0.867. The van der Waals surface area contributed by atoms with Gasteiger partial charge >= 0.3 is 13.2 Å². The minimum Gasteiger partial charge on any atom is -0.445 e. The lowest BCUT2D eigenvalue weighted by molar-refractivity contribution is 0.00578. The van der Waals surface area contributed by atoms with Crippen LogP contribution in [0.4, 0.5) is 9.18 Å². The number of halogens is 1. The van der Waals surface area contributed by atoms with Gasteiger partial charge in [0, 0.05) is 12.5 Å². The predicted molar refractivity (Wildman–Crippen MR) is 86.1 cm³/mol. The van der Waals surface area contributed by atoms with Gasteiger partial charge in [-0.1, -0.05) is 6.07 Å². The van der Waals surface area contributed by atoms with E-state index in [9.17, 15) is 9.18 Å². The fourth-order valence-corrected chi connectivity index (χ4v) is 2.39. The molecule has 1 saturated heterocycles. The fraction of sp³-hybridized carbons (Fsp3) is 0.562. The van der Waals surface area contributed by atoms with E-state index in [0.29, 0.717) is 16.6 Å². The molecule has 0 aliphatic carbocycles. The second-order valence-electron chi connectivity index (χ2n) is 6.72. The molecule has 1 N–H and O–H groups in total. The second-order valence-corrected chi connectivity index (χ2v) is 6.72. The Bertz CT molecular complexity index is 579. The molecule has 0 radical (unpaired) electrons. The normalized spacial score (nSPS) is 18.8. The lowest BCUT2D eigenvalue weighted by Gasteiger charge is -2.32. The molecule has 1 aliphatic heterocycles. The second kappa shape index (κ2) is 6.13. The average Bonchev–Trinajstić information content (AvgIpc) is 2.63. The Labute approximate surface area is 136 Å². The van der Waals surface area contributed by atoms with Gasteiger partial charge in [-0.15, -0.1) is 0 Å². The summed E-state index contributed by atoms with van der Waals surface area (Å²) in [4.78, 5) is 11.1. The lowest BCUT2D eigenvalue weighted by atomic mass is 9.75. The van der Waals surface area contributed by atoms with E-state index in [2.05, 4.69) is 5.32 Å². The maximum Gasteiger partial charge on any atom is 0.498 e. The van der Waals surface area contributed by atoms with Gasteiger partial charge in [0.05, 0.1) is 11.2 Å². The molecule has 0 unspecified atom stereocenters. The standard InChI is InChI=1S/C16H23BFNO4/c1-10-7-11(9-21-14(20)19-6)8-12(18)13(10)17-22-15(2,3)16(4,5)23-17/h7-8H,9H2,1-6H3,(H,19,20). The predicted octanol–water partition coefficient (Wildman–Crippen LogP) is 2.29. The minimum absolute atomic E-state index is 0.00107. The van der Waals surface area contributed by atoms with Crippen LogP contribution in [0.25, 0.3) is 0 Å². The SMILES string of the molecule is CNC(=O)OCc1cc(C)c(B2OC(C)(C)C(C)(C)O2)c(F)c1. The molecule has 0 spiro atoms. The number of carbonyl (C=O) groups excluding carboxylic acids is 1. The highest BCUT2D eigenvalue weighted by Gasteiger charge is 2.52. The Morgan fingerprint density at radius 1 is 1.26 bits per heavy atom. The number of carbonyl (C=O) groups is 1. The summed E-state index contributed by atoms with van der Waals surface area (Å²) in [6, 6.07) is 3.11. The van der Waals surface area contributed by atoms with Crippen molar-refractivity contribution in [3.8, 4) is 0 Å². The smallest absolute Gasteiger partial charge is 0.445 e. The van der Waals surface area contributed by atoms with Crippen molar-refractivity contribution in [3.05, 3.63) is 29.1 Å². The first-order chi connectivity index (χ1) is 10.6. The van der Waals surface area contributed by atoms with Crippen LogP contribution in [0.15, 0.2) is 12.1 Å². The third-order valence-electron chi connectivity index (χ3n) is 4.46. The van der Waals surface area contributed by atoms with E-state index in [-0.39, 0.29) is 6.61 Å². The first kappa shape index (κ1) is 17.8. The third kappa shape index (κ3) is 3.51. The summed E-state index contributed by atoms with van der Waals surface area (Å²) >= 11 is 0. The summed E-state index contributed by atoms with van der Waals surface area (Å²) in [5.41, 5.74) is 0.588. The molecule has 23 heavy (non-hydrogen) atoms. The van der Waals surface area contributed by atoms with Crippen molar-refractivity contribution in [3.63, 3.8) is 0 Å². The third-order valence-corrected chi connectivity index (χ3v) is 4.46. The summed E-state index contributed by atoms with van der Waals surface area (Å²) in [6.45, 7) is 9.48. The number of ether oxygens (including phenoxy) is 1. The monoisotopic (exact) mass is 323 g/mol. The Balaban J connectivity index is 2.23. The van der Waals surface area contributed by atoms with Crippen molar-refractivity contribution in [1.29, 1.82) is 0 Å². The summed E-state index contributed by atoms with van der Waals surface area (Å²) in [7, 11) is 0.712. The number of benzene rings is 1. The first-order valence-electron chi connectivity index (χ1n) is 7.56. The first-order valence-corrected chi connectivity index (χ1v) is 7.56. The largest absolute Gasteiger partial charge is 0.498 e. The lowest BCUT2D eigenvalue weighted by Crippen LogP contribution is -2.41. The Kier molecular flexibility index (Phi) is 4.73. The van der Waals surface area contributed by atoms with Gasteiger partial charge in [-0.05, 0) is 51.8 Å². The highest BCUT2D eigenvalue weighted by Crippen LogP contribution is 2.36. The van der Waals surface area contributed by atoms with Crippen LogP contribution in [0.2, 0.25) is 0 Å². The number of alkyl carbamates (subject to hydrolysis) is 1. The van der Waals surface area contributed by atoms with Gasteiger partial charge in [0.2, 0.25) is 0 Å². The zero-order valence-corrected chi connectivity index (χ0v) is 14.5. The summed E-state index contributed by atoms with van der Waals surface area (Å²) in [5.74, 6) is -0.431. The molecule has 7 heteroatoms. The van der Waals surface area contributed by atoms with Crippen molar-refractivity contribution in [2.45, 2.75) is 52.4 Å². The summed E-state index contributed by atoms with van der Waals surface area (Å²) < 4.78 is 31.3. The van der Waals surface area contributed by atoms with Gasteiger partial charge in [0.1, 0.15) is 12.4 Å². The van der Waals surface area contributed by atoms with Crippen molar-refractivity contribution < 1.29 is 23.2 Å². The molecular formula is C16H23BFNO4. The van der Waals surface area contributed by atoms with Gasteiger partial charge < -0.3 is 19.4 Å². The topological polar surface area (TPSA) is 56.8 Å². The number of hydrogen-bond acceptors (Lipinski definition) is 4. The Morgan fingerprint density at radius 3 is 2.30 bits per heavy atom. The number of nitrogens with one attached hydrogen (secondary N) is 1. The zero-order chi connectivity index (χ0) is 17.4. The molecule has 126 valence electrons. The highest BCUT2D eigenvalue weighted by atomic mass is 19.1. The molecule has 1 aromatic rings. The van der Waals surface area contributed by atoms with Gasteiger partial charge in [0.25, 0.3) is 0 Å². The molecule has 0 bridgehead atoms. The van der Waals surface area contributed by atoms with Gasteiger partial charge in [-0.25, -0.2) is 9.18 Å². The number of aryl methyl sites for hydroxylation is 1. The van der Waals surface area contributed by atoms with Gasteiger partial charge in [-0.2, -0.15) is 0 Å². The molecular weight excluding hydrogens is 300 g/mol. The zero-order valence-electron chi connectivity index (χ0n) is 14.5. The molecule has 1 aliphatic rings. The summed E-state index contributed by atoms with van der Waals surface area (Å²) in [6.07, 6.45) is -0.557. The van der Waals surface area contributed by atoms with Crippen LogP contribution in [0.1, 0.15) is 38.8 Å². The molecule has 1 amide bonds. The number of hydrogen-bond donors (Lipinski definition) is 1. The van der Waals surface area contributed by atoms with E-state index in [4.69, 9.17) is 14.0 Å². The molecule has 2 rings (SSSR count). The van der Waals surface area contributed by atoms with Crippen molar-refractivity contribution in [1.82, 2.24) is 5.32 Å². The van der Waals surface area contributed by atoms with Crippen LogP contribution < -0.4 is 10.8 Å². The van der Waals surface area contributed by atoms with Crippen LogP contribution in [0.3, 0.4) is 0 Å². The van der Waals surface area contributed by atoms with Crippen molar-refractivity contribution in [2.24, 2.45) is 0 Å². The maximum absolute atomic E-state index is 14.6. The molecule has 1 fully saturated rings. The Morgan fingerprint density at radius 2 is 1.83 bits per heavy atom. The molecule has 0 saturated carbocycles. The van der Waals surface area contributed by atoms with Crippen LogP contribution in [-0.4, -0.2) is 31.5 Å². The average molecular weight is 323 g/mol. The van der Waals surface area contributed by atoms with Crippen LogP contribution in [0, 0.1) is 12.7 Å². The fourth-order valence-electron chi connectivity index (χ4n) is 2.39. The Hall–Kier alpha value is -1.60. The van der Waals surface area contributed by atoms with Crippen LogP contribution >= 0.6 is 0 Å². The van der Waals surface area contributed by atoms with E-state index in [1.165, 1.54) is 13.1 Å². The molecule has 1 aromatic carbocycles. The van der Waals surface area contributed by atoms with E-state index < -0.39 is 30.2 Å². The van der Waals surface area contributed by atoms with Crippen LogP contribution in [-0.2, 0) is 20.7 Å². The van der Waals surface area contributed by atoms with Crippen molar-refractivity contribution in [2.75, 3.05) is 7.05 Å². The van der Waals surface area contributed by atoms with Gasteiger partial charge in [0.15, 0.2) is 0 Å². The van der Waals surface area contributed by atoms with E-state index in [0.717, 1.165) is 0 Å². The van der Waals surface area contributed by atoms with E-state index in [1.807, 2.05) is 27.7 Å². The summed E-state index contributed by atoms with van der Waals surface area (Å²) in [5, 5.41) is 2.34. The minimum atomic E-state index is -0.756. The molecule has 0 aromatic heterocycles. The van der Waals surface area contributed by atoms with Crippen LogP contribution in [0.5, 0.6) is 0 Å². The molecule has 0 atom stereocenters. The van der Waals surface area contributed by atoms with E-state index in [1.54, 1.807) is 13.0 Å². The molecule has 1 heterocycles. The van der Waals surface area contributed by atoms with E-state index >= 15 is 0 Å². The van der Waals surface area contributed by atoms with Gasteiger partial charge in [-0.3, -0.25) is 0 Å². The number of rotatable bonds is 3. The number of amides is 1. The molecule has 5 nitrogen and oxygen atoms in total.